The van der Waals surface area contributed by atoms with Gasteiger partial charge in [-0.3, -0.25) is 14.4 Å². The van der Waals surface area contributed by atoms with Gasteiger partial charge in [-0.2, -0.15) is 0 Å². The van der Waals surface area contributed by atoms with Crippen LogP contribution in [0.4, 0.5) is 17.1 Å². The fourth-order valence-corrected chi connectivity index (χ4v) is 3.35. The van der Waals surface area contributed by atoms with Crippen molar-refractivity contribution in [3.8, 4) is 0 Å². The van der Waals surface area contributed by atoms with Gasteiger partial charge in [0.25, 0.3) is 5.91 Å². The lowest BCUT2D eigenvalue weighted by molar-refractivity contribution is -0.118. The lowest BCUT2D eigenvalue weighted by Gasteiger charge is -2.28. The first kappa shape index (κ1) is 19.7. The van der Waals surface area contributed by atoms with Gasteiger partial charge in [0.2, 0.25) is 11.8 Å². The molecular formula is C20H21ClN4O3. The van der Waals surface area contributed by atoms with Crippen molar-refractivity contribution in [2.45, 2.75) is 19.4 Å². The highest BCUT2D eigenvalue weighted by molar-refractivity contribution is 6.33. The maximum atomic E-state index is 13.0. The molecule has 1 atom stereocenters. The van der Waals surface area contributed by atoms with Crippen molar-refractivity contribution in [1.82, 2.24) is 5.32 Å². The standard InChI is InChI=1S/C20H21ClN4O3/c1-12-9-18(26)24-15-5-3-4-6-17(15)25(12)19(27)11-23-16-10-13(20(28)22-2)7-8-14(16)21/h3-8,10,12,23H,9,11H2,1-2H3,(H,22,28)(H,24,26). The Morgan fingerprint density at radius 2 is 2.00 bits per heavy atom. The van der Waals surface area contributed by atoms with E-state index in [-0.39, 0.29) is 36.7 Å². The monoisotopic (exact) mass is 400 g/mol. The molecule has 0 fully saturated rings. The highest BCUT2D eigenvalue weighted by Crippen LogP contribution is 2.31. The molecule has 146 valence electrons. The summed E-state index contributed by atoms with van der Waals surface area (Å²) in [5.41, 5.74) is 2.17. The Hall–Kier alpha value is -3.06. The molecule has 2 aromatic rings. The first-order valence-corrected chi connectivity index (χ1v) is 9.25. The van der Waals surface area contributed by atoms with Crippen molar-refractivity contribution in [1.29, 1.82) is 0 Å². The zero-order chi connectivity index (χ0) is 20.3. The number of rotatable bonds is 4. The molecule has 0 aliphatic carbocycles. The molecule has 7 nitrogen and oxygen atoms in total. The predicted molar refractivity (Wildman–Crippen MR) is 110 cm³/mol. The van der Waals surface area contributed by atoms with Crippen LogP contribution in [0.1, 0.15) is 23.7 Å². The zero-order valence-corrected chi connectivity index (χ0v) is 16.3. The van der Waals surface area contributed by atoms with Crippen molar-refractivity contribution >= 4 is 46.4 Å². The van der Waals surface area contributed by atoms with Gasteiger partial charge in [0.15, 0.2) is 0 Å². The van der Waals surface area contributed by atoms with Crippen LogP contribution in [0.5, 0.6) is 0 Å². The molecule has 0 saturated carbocycles. The summed E-state index contributed by atoms with van der Waals surface area (Å²) >= 11 is 6.19. The third-order valence-electron chi connectivity index (χ3n) is 4.51. The van der Waals surface area contributed by atoms with Gasteiger partial charge >= 0.3 is 0 Å². The van der Waals surface area contributed by atoms with Crippen molar-refractivity contribution in [2.75, 3.05) is 29.1 Å². The molecule has 0 saturated heterocycles. The smallest absolute Gasteiger partial charge is 0.251 e. The molecule has 0 radical (unpaired) electrons. The van der Waals surface area contributed by atoms with Crippen molar-refractivity contribution in [3.63, 3.8) is 0 Å². The molecule has 1 aliphatic rings. The van der Waals surface area contributed by atoms with Gasteiger partial charge in [0, 0.05) is 25.1 Å². The summed E-state index contributed by atoms with van der Waals surface area (Å²) in [5.74, 6) is -0.590. The first-order valence-electron chi connectivity index (χ1n) is 8.87. The molecule has 3 rings (SSSR count). The normalized spacial score (nSPS) is 15.9. The minimum Gasteiger partial charge on any atom is -0.375 e. The lowest BCUT2D eigenvalue weighted by atomic mass is 10.1. The van der Waals surface area contributed by atoms with Crippen molar-refractivity contribution < 1.29 is 14.4 Å². The van der Waals surface area contributed by atoms with Crippen LogP contribution in [-0.4, -0.2) is 37.4 Å². The van der Waals surface area contributed by atoms with E-state index in [0.29, 0.717) is 27.6 Å². The minimum absolute atomic E-state index is 0.0379. The van der Waals surface area contributed by atoms with Crippen LogP contribution in [0.25, 0.3) is 0 Å². The van der Waals surface area contributed by atoms with Gasteiger partial charge in [0.05, 0.1) is 28.6 Å². The summed E-state index contributed by atoms with van der Waals surface area (Å²) in [5, 5.41) is 8.78. The number of nitrogens with zero attached hydrogens (tertiary/aromatic N) is 1. The van der Waals surface area contributed by atoms with Gasteiger partial charge < -0.3 is 20.9 Å². The highest BCUT2D eigenvalue weighted by atomic mass is 35.5. The van der Waals surface area contributed by atoms with E-state index >= 15 is 0 Å². The number of nitrogens with one attached hydrogen (secondary N) is 3. The number of benzene rings is 2. The zero-order valence-electron chi connectivity index (χ0n) is 15.6. The maximum absolute atomic E-state index is 13.0. The largest absolute Gasteiger partial charge is 0.375 e. The molecule has 0 spiro atoms. The van der Waals surface area contributed by atoms with Gasteiger partial charge in [-0.1, -0.05) is 23.7 Å². The molecule has 1 aliphatic heterocycles. The van der Waals surface area contributed by atoms with Crippen LogP contribution in [0.3, 0.4) is 0 Å². The third kappa shape index (κ3) is 4.09. The number of hydrogen-bond donors (Lipinski definition) is 3. The van der Waals surface area contributed by atoms with Crippen LogP contribution in [0.2, 0.25) is 5.02 Å². The van der Waals surface area contributed by atoms with Crippen LogP contribution in [0, 0.1) is 0 Å². The Morgan fingerprint density at radius 1 is 1.25 bits per heavy atom. The third-order valence-corrected chi connectivity index (χ3v) is 4.84. The SMILES string of the molecule is CNC(=O)c1ccc(Cl)c(NCC(=O)N2c3ccccc3NC(=O)CC2C)c1. The number of carbonyl (C=O) groups is 3. The van der Waals surface area contributed by atoms with Crippen LogP contribution >= 0.6 is 11.6 Å². The van der Waals surface area contributed by atoms with Gasteiger partial charge in [-0.05, 0) is 37.3 Å². The summed E-state index contributed by atoms with van der Waals surface area (Å²) in [6.45, 7) is 1.79. The Morgan fingerprint density at radius 3 is 2.75 bits per heavy atom. The average molecular weight is 401 g/mol. The second-order valence-electron chi connectivity index (χ2n) is 6.51. The molecule has 3 N–H and O–H groups in total. The number of anilines is 3. The predicted octanol–water partition coefficient (Wildman–Crippen LogP) is 2.88. The summed E-state index contributed by atoms with van der Waals surface area (Å²) in [6.07, 6.45) is 0.202. The molecule has 8 heteroatoms. The fourth-order valence-electron chi connectivity index (χ4n) is 3.17. The summed E-state index contributed by atoms with van der Waals surface area (Å²) in [7, 11) is 1.54. The quantitative estimate of drug-likeness (QED) is 0.736. The Kier molecular flexibility index (Phi) is 5.84. The Balaban J connectivity index is 1.81. The molecule has 3 amide bonds. The molecule has 1 heterocycles. The Bertz CT molecular complexity index is 931. The first-order chi connectivity index (χ1) is 13.4. The lowest BCUT2D eigenvalue weighted by Crippen LogP contribution is -2.42. The fraction of sp³-hybridized carbons (Fsp3) is 0.250. The number of hydrogen-bond acceptors (Lipinski definition) is 4. The van der Waals surface area contributed by atoms with E-state index in [4.69, 9.17) is 11.6 Å². The molecule has 0 bridgehead atoms. The van der Waals surface area contributed by atoms with Crippen molar-refractivity contribution in [2.24, 2.45) is 0 Å². The molecule has 0 aromatic heterocycles. The second kappa shape index (κ2) is 8.31. The molecule has 28 heavy (non-hydrogen) atoms. The Labute approximate surface area is 168 Å². The topological polar surface area (TPSA) is 90.5 Å². The van der Waals surface area contributed by atoms with Crippen molar-refractivity contribution in [3.05, 3.63) is 53.1 Å². The second-order valence-corrected chi connectivity index (χ2v) is 6.92. The average Bonchev–Trinajstić information content (AvgIpc) is 2.80. The van der Waals surface area contributed by atoms with Crippen LogP contribution in [0.15, 0.2) is 42.5 Å². The van der Waals surface area contributed by atoms with E-state index < -0.39 is 0 Å². The summed E-state index contributed by atoms with van der Waals surface area (Å²) in [6, 6.07) is 11.7. The van der Waals surface area contributed by atoms with E-state index in [1.165, 1.54) is 0 Å². The van der Waals surface area contributed by atoms with E-state index in [2.05, 4.69) is 16.0 Å². The number of amides is 3. The van der Waals surface area contributed by atoms with Gasteiger partial charge in [-0.15, -0.1) is 0 Å². The van der Waals surface area contributed by atoms with Crippen LogP contribution < -0.4 is 20.9 Å². The summed E-state index contributed by atoms with van der Waals surface area (Å²) in [4.78, 5) is 38.5. The number of halogens is 1. The van der Waals surface area contributed by atoms with E-state index in [1.54, 1.807) is 48.3 Å². The highest BCUT2D eigenvalue weighted by Gasteiger charge is 2.29. The molecule has 1 unspecified atom stereocenters. The van der Waals surface area contributed by atoms with Gasteiger partial charge in [-0.25, -0.2) is 0 Å². The van der Waals surface area contributed by atoms with E-state index in [1.807, 2.05) is 13.0 Å². The van der Waals surface area contributed by atoms with E-state index in [9.17, 15) is 14.4 Å². The maximum Gasteiger partial charge on any atom is 0.251 e. The van der Waals surface area contributed by atoms with Crippen LogP contribution in [-0.2, 0) is 9.59 Å². The van der Waals surface area contributed by atoms with E-state index in [0.717, 1.165) is 0 Å². The van der Waals surface area contributed by atoms with Gasteiger partial charge in [0.1, 0.15) is 0 Å². The summed E-state index contributed by atoms with van der Waals surface area (Å²) < 4.78 is 0. The number of para-hydroxylation sites is 2. The molecule has 2 aromatic carbocycles. The number of carbonyl (C=O) groups excluding carboxylic acids is 3. The molecular weight excluding hydrogens is 380 g/mol. The minimum atomic E-state index is -0.300. The number of fused-ring (bicyclic) bond motifs is 1.